The molecule has 23 heavy (non-hydrogen) atoms. The van der Waals surface area contributed by atoms with Crippen molar-refractivity contribution in [3.63, 3.8) is 0 Å². The minimum absolute atomic E-state index is 0.142. The van der Waals surface area contributed by atoms with Crippen molar-refractivity contribution in [2.75, 3.05) is 0 Å². The molecule has 1 aromatic heterocycles. The Labute approximate surface area is 133 Å². The molecule has 0 aliphatic carbocycles. The van der Waals surface area contributed by atoms with E-state index >= 15 is 0 Å². The number of aromatic nitrogens is 1. The predicted molar refractivity (Wildman–Crippen MR) is 86.3 cm³/mol. The molecule has 3 atom stereocenters. The number of aliphatic carboxylic acids is 2. The Kier molecular flexibility index (Phi) is 5.36. The maximum atomic E-state index is 11.3. The summed E-state index contributed by atoms with van der Waals surface area (Å²) >= 11 is 0. The van der Waals surface area contributed by atoms with E-state index in [9.17, 15) is 14.7 Å². The minimum atomic E-state index is -1.21. The van der Waals surface area contributed by atoms with Crippen LogP contribution in [-0.4, -0.2) is 45.3 Å². The first kappa shape index (κ1) is 17.0. The average Bonchev–Trinajstić information content (AvgIpc) is 2.89. The Morgan fingerprint density at radius 3 is 2.61 bits per heavy atom. The van der Waals surface area contributed by atoms with E-state index in [1.807, 2.05) is 37.4 Å². The van der Waals surface area contributed by atoms with Gasteiger partial charge in [-0.15, -0.1) is 0 Å². The van der Waals surface area contributed by atoms with Crippen LogP contribution in [0.4, 0.5) is 0 Å². The number of hydrogen-bond donors (Lipinski definition) is 5. The van der Waals surface area contributed by atoms with E-state index < -0.39 is 24.0 Å². The van der Waals surface area contributed by atoms with Crippen LogP contribution in [0.5, 0.6) is 0 Å². The number of rotatable bonds is 8. The number of carbonyl (C=O) groups is 2. The van der Waals surface area contributed by atoms with Crippen LogP contribution in [0.2, 0.25) is 0 Å². The normalized spacial score (nSPS) is 15.2. The molecule has 6 N–H and O–H groups in total. The van der Waals surface area contributed by atoms with Gasteiger partial charge in [0.05, 0.1) is 0 Å². The Bertz CT molecular complexity index is 697. The number of aromatic amines is 1. The Morgan fingerprint density at radius 1 is 1.26 bits per heavy atom. The molecule has 1 unspecified atom stereocenters. The van der Waals surface area contributed by atoms with Crippen molar-refractivity contribution in [2.45, 2.75) is 37.9 Å². The van der Waals surface area contributed by atoms with E-state index in [-0.39, 0.29) is 12.5 Å². The van der Waals surface area contributed by atoms with Gasteiger partial charge in [0, 0.05) is 23.1 Å². The van der Waals surface area contributed by atoms with Crippen LogP contribution in [0.25, 0.3) is 10.9 Å². The Morgan fingerprint density at radius 2 is 1.96 bits per heavy atom. The van der Waals surface area contributed by atoms with Crippen molar-refractivity contribution >= 4 is 22.8 Å². The maximum absolute atomic E-state index is 11.3. The largest absolute Gasteiger partial charge is 0.480 e. The fourth-order valence-electron chi connectivity index (χ4n) is 2.63. The summed E-state index contributed by atoms with van der Waals surface area (Å²) in [5.74, 6) is -2.31. The number of nitrogens with two attached hydrogens (primary N) is 1. The van der Waals surface area contributed by atoms with Crippen LogP contribution < -0.4 is 11.1 Å². The SMILES string of the molecule is C[C@H](Cc1c[nH]c2ccccc12)N[C@@H](CC(N)C(=O)O)C(=O)O. The van der Waals surface area contributed by atoms with E-state index in [1.54, 1.807) is 0 Å². The van der Waals surface area contributed by atoms with Gasteiger partial charge in [-0.1, -0.05) is 18.2 Å². The number of hydrogen-bond acceptors (Lipinski definition) is 4. The quantitative estimate of drug-likeness (QED) is 0.492. The molecule has 0 amide bonds. The average molecular weight is 319 g/mol. The first-order chi connectivity index (χ1) is 10.9. The zero-order chi connectivity index (χ0) is 17.0. The molecule has 0 aliphatic rings. The molecular formula is C16H21N3O4. The molecule has 0 spiro atoms. The summed E-state index contributed by atoms with van der Waals surface area (Å²) in [5, 5.41) is 22.1. The summed E-state index contributed by atoms with van der Waals surface area (Å²) in [6.45, 7) is 1.87. The summed E-state index contributed by atoms with van der Waals surface area (Å²) in [4.78, 5) is 25.3. The van der Waals surface area contributed by atoms with E-state index in [1.165, 1.54) is 0 Å². The summed E-state index contributed by atoms with van der Waals surface area (Å²) in [7, 11) is 0. The van der Waals surface area contributed by atoms with Crippen molar-refractivity contribution in [3.05, 3.63) is 36.0 Å². The monoisotopic (exact) mass is 319 g/mol. The van der Waals surface area contributed by atoms with Gasteiger partial charge < -0.3 is 26.2 Å². The number of carboxylic acid groups (broad SMARTS) is 2. The molecule has 2 rings (SSSR count). The van der Waals surface area contributed by atoms with Crippen LogP contribution in [0.15, 0.2) is 30.5 Å². The van der Waals surface area contributed by atoms with Crippen molar-refractivity contribution in [1.29, 1.82) is 0 Å². The molecule has 2 aromatic rings. The van der Waals surface area contributed by atoms with E-state index in [0.717, 1.165) is 16.5 Å². The third-order valence-electron chi connectivity index (χ3n) is 3.79. The fraction of sp³-hybridized carbons (Fsp3) is 0.375. The van der Waals surface area contributed by atoms with Crippen LogP contribution in [-0.2, 0) is 16.0 Å². The number of H-pyrrole nitrogens is 1. The molecular weight excluding hydrogens is 298 g/mol. The molecule has 0 saturated carbocycles. The van der Waals surface area contributed by atoms with Crippen LogP contribution in [0.1, 0.15) is 18.9 Å². The second-order valence-corrected chi connectivity index (χ2v) is 5.70. The lowest BCUT2D eigenvalue weighted by Crippen LogP contribution is -2.47. The predicted octanol–water partition coefficient (Wildman–Crippen LogP) is 0.944. The summed E-state index contributed by atoms with van der Waals surface area (Å²) in [6, 6.07) is 5.52. The molecule has 0 fully saturated rings. The zero-order valence-electron chi connectivity index (χ0n) is 12.8. The number of nitrogens with one attached hydrogen (secondary N) is 2. The topological polar surface area (TPSA) is 128 Å². The molecule has 0 saturated heterocycles. The second kappa shape index (κ2) is 7.26. The lowest BCUT2D eigenvalue weighted by molar-refractivity contribution is -0.141. The maximum Gasteiger partial charge on any atom is 0.320 e. The number of benzene rings is 1. The summed E-state index contributed by atoms with van der Waals surface area (Å²) < 4.78 is 0. The minimum Gasteiger partial charge on any atom is -0.480 e. The second-order valence-electron chi connectivity index (χ2n) is 5.70. The van der Waals surface area contributed by atoms with Gasteiger partial charge in [0.15, 0.2) is 0 Å². The number of carboxylic acids is 2. The van der Waals surface area contributed by atoms with Gasteiger partial charge in [-0.25, -0.2) is 0 Å². The van der Waals surface area contributed by atoms with Crippen LogP contribution >= 0.6 is 0 Å². The van der Waals surface area contributed by atoms with Crippen LogP contribution in [0, 0.1) is 0 Å². The van der Waals surface area contributed by atoms with E-state index in [4.69, 9.17) is 10.8 Å². The standard InChI is InChI=1S/C16H21N3O4/c1-9(19-14(16(22)23)7-12(17)15(20)21)6-10-8-18-13-5-3-2-4-11(10)13/h2-5,8-9,12,14,18-19H,6-7,17H2,1H3,(H,20,21)(H,22,23)/t9-,12?,14+/m1/s1. The van der Waals surface area contributed by atoms with Gasteiger partial charge in [-0.2, -0.15) is 0 Å². The fourth-order valence-corrected chi connectivity index (χ4v) is 2.63. The summed E-state index contributed by atoms with van der Waals surface area (Å²) in [6.07, 6.45) is 2.36. The first-order valence-corrected chi connectivity index (χ1v) is 7.40. The molecule has 0 aliphatic heterocycles. The molecule has 0 bridgehead atoms. The van der Waals surface area contributed by atoms with Crippen LogP contribution in [0.3, 0.4) is 0 Å². The molecule has 0 radical (unpaired) electrons. The molecule has 124 valence electrons. The van der Waals surface area contributed by atoms with Gasteiger partial charge in [0.2, 0.25) is 0 Å². The summed E-state index contributed by atoms with van der Waals surface area (Å²) in [5.41, 5.74) is 7.53. The molecule has 1 heterocycles. The lowest BCUT2D eigenvalue weighted by atomic mass is 10.0. The molecule has 1 aromatic carbocycles. The smallest absolute Gasteiger partial charge is 0.320 e. The van der Waals surface area contributed by atoms with Gasteiger partial charge >= 0.3 is 11.9 Å². The van der Waals surface area contributed by atoms with Gasteiger partial charge in [0.25, 0.3) is 0 Å². The van der Waals surface area contributed by atoms with Gasteiger partial charge in [-0.3, -0.25) is 9.59 Å². The van der Waals surface area contributed by atoms with E-state index in [2.05, 4.69) is 10.3 Å². The van der Waals surface area contributed by atoms with Crippen molar-refractivity contribution in [3.8, 4) is 0 Å². The molecule has 7 nitrogen and oxygen atoms in total. The third kappa shape index (κ3) is 4.30. The number of fused-ring (bicyclic) bond motifs is 1. The third-order valence-corrected chi connectivity index (χ3v) is 3.79. The Hall–Kier alpha value is -2.38. The van der Waals surface area contributed by atoms with Gasteiger partial charge in [0.1, 0.15) is 12.1 Å². The van der Waals surface area contributed by atoms with E-state index in [0.29, 0.717) is 6.42 Å². The Balaban J connectivity index is 2.03. The highest BCUT2D eigenvalue weighted by Gasteiger charge is 2.25. The first-order valence-electron chi connectivity index (χ1n) is 7.40. The highest BCUT2D eigenvalue weighted by molar-refractivity contribution is 5.83. The zero-order valence-corrected chi connectivity index (χ0v) is 12.8. The van der Waals surface area contributed by atoms with Crippen molar-refractivity contribution < 1.29 is 19.8 Å². The lowest BCUT2D eigenvalue weighted by Gasteiger charge is -2.21. The van der Waals surface area contributed by atoms with Crippen molar-refractivity contribution in [2.24, 2.45) is 5.73 Å². The molecule has 7 heteroatoms. The van der Waals surface area contributed by atoms with Crippen molar-refractivity contribution in [1.82, 2.24) is 10.3 Å². The highest BCUT2D eigenvalue weighted by Crippen LogP contribution is 2.19. The number of para-hydroxylation sites is 1. The highest BCUT2D eigenvalue weighted by atomic mass is 16.4. The van der Waals surface area contributed by atoms with Gasteiger partial charge in [-0.05, 0) is 31.4 Å².